The predicted molar refractivity (Wildman–Crippen MR) is 84.9 cm³/mol. The Balaban J connectivity index is 1.87. The maximum Gasteiger partial charge on any atom is 0.381 e. The van der Waals surface area contributed by atoms with Crippen molar-refractivity contribution in [1.29, 1.82) is 0 Å². The van der Waals surface area contributed by atoms with Crippen molar-refractivity contribution < 1.29 is 23.7 Å². The summed E-state index contributed by atoms with van der Waals surface area (Å²) >= 11 is 0. The van der Waals surface area contributed by atoms with Crippen LogP contribution in [0.1, 0.15) is 34.1 Å². The number of nitrogens with one attached hydrogen (secondary N) is 1. The summed E-state index contributed by atoms with van der Waals surface area (Å²) in [5.41, 5.74) is 0.313. The van der Waals surface area contributed by atoms with Crippen LogP contribution in [-0.4, -0.2) is 33.5 Å². The summed E-state index contributed by atoms with van der Waals surface area (Å²) in [6, 6.07) is 1.52. The molecule has 0 spiro atoms. The van der Waals surface area contributed by atoms with Crippen LogP contribution in [0.5, 0.6) is 0 Å². The van der Waals surface area contributed by atoms with Gasteiger partial charge in [0.15, 0.2) is 0 Å². The number of esters is 1. The van der Waals surface area contributed by atoms with Crippen LogP contribution in [0.2, 0.25) is 0 Å². The van der Waals surface area contributed by atoms with E-state index in [1.807, 2.05) is 0 Å². The molecule has 0 saturated carbocycles. The van der Waals surface area contributed by atoms with E-state index in [1.165, 1.54) is 19.4 Å². The number of furan rings is 1. The maximum absolute atomic E-state index is 11.9. The predicted octanol–water partition coefficient (Wildman–Crippen LogP) is 1.49. The molecule has 0 aliphatic carbocycles. The van der Waals surface area contributed by atoms with Gasteiger partial charge in [0.2, 0.25) is 11.7 Å². The van der Waals surface area contributed by atoms with Crippen LogP contribution in [0.15, 0.2) is 16.7 Å². The second kappa shape index (κ2) is 7.60. The number of ether oxygens (including phenoxy) is 1. The summed E-state index contributed by atoms with van der Waals surface area (Å²) in [6.45, 7) is 3.65. The maximum atomic E-state index is 11.9. The first kappa shape index (κ1) is 18.2. The molecule has 2 heterocycles. The summed E-state index contributed by atoms with van der Waals surface area (Å²) in [4.78, 5) is 37.3. The van der Waals surface area contributed by atoms with Gasteiger partial charge in [-0.2, -0.15) is 0 Å². The van der Waals surface area contributed by atoms with Gasteiger partial charge in [-0.25, -0.2) is 4.79 Å². The second-order valence-electron chi connectivity index (χ2n) is 5.30. The Morgan fingerprint density at radius 2 is 2.16 bits per heavy atom. The van der Waals surface area contributed by atoms with Gasteiger partial charge in [-0.3, -0.25) is 4.79 Å². The molecular weight excluding hydrogens is 332 g/mol. The molecule has 2 aromatic rings. The number of rotatable bonds is 7. The van der Waals surface area contributed by atoms with Gasteiger partial charge in [-0.15, -0.1) is 0 Å². The molecule has 1 amide bonds. The molecule has 0 radical (unpaired) electrons. The average molecular weight is 350 g/mol. The van der Waals surface area contributed by atoms with Gasteiger partial charge in [0.25, 0.3) is 0 Å². The minimum atomic E-state index is -0.582. The minimum Gasteiger partial charge on any atom is -0.465 e. The lowest BCUT2D eigenvalue weighted by Gasteiger charge is -2.04. The summed E-state index contributed by atoms with van der Waals surface area (Å²) in [7, 11) is 1.28. The number of aromatic nitrogens is 2. The first-order chi connectivity index (χ1) is 11.8. The first-order valence-electron chi connectivity index (χ1n) is 7.44. The lowest BCUT2D eigenvalue weighted by molar-refractivity contribution is -0.389. The van der Waals surface area contributed by atoms with E-state index in [2.05, 4.69) is 15.0 Å². The summed E-state index contributed by atoms with van der Waals surface area (Å²) < 4.78 is 11.6. The number of nitro groups is 1. The fourth-order valence-corrected chi connectivity index (χ4v) is 2.25. The van der Waals surface area contributed by atoms with E-state index in [0.717, 1.165) is 0 Å². The highest BCUT2D eigenvalue weighted by molar-refractivity contribution is 5.90. The molecule has 0 aliphatic heterocycles. The van der Waals surface area contributed by atoms with Gasteiger partial charge in [0.1, 0.15) is 23.3 Å². The summed E-state index contributed by atoms with van der Waals surface area (Å²) in [5, 5.41) is 13.3. The molecule has 10 nitrogen and oxygen atoms in total. The Morgan fingerprint density at radius 1 is 1.44 bits per heavy atom. The monoisotopic (exact) mass is 350 g/mol. The number of imidazole rings is 1. The molecule has 1 N–H and O–H groups in total. The van der Waals surface area contributed by atoms with Crippen molar-refractivity contribution in [3.63, 3.8) is 0 Å². The van der Waals surface area contributed by atoms with Crippen molar-refractivity contribution in [2.75, 3.05) is 7.11 Å². The smallest absolute Gasteiger partial charge is 0.381 e. The number of amides is 1. The van der Waals surface area contributed by atoms with Crippen molar-refractivity contribution in [2.24, 2.45) is 0 Å². The van der Waals surface area contributed by atoms with Gasteiger partial charge >= 0.3 is 11.8 Å². The van der Waals surface area contributed by atoms with Gasteiger partial charge < -0.3 is 29.2 Å². The second-order valence-corrected chi connectivity index (χ2v) is 5.30. The molecule has 0 aliphatic rings. The van der Waals surface area contributed by atoms with Crippen molar-refractivity contribution in [3.05, 3.63) is 45.3 Å². The zero-order valence-electron chi connectivity index (χ0n) is 14.1. The zero-order chi connectivity index (χ0) is 18.6. The molecular formula is C15H18N4O6. The number of carbonyl (C=O) groups excluding carboxylic acids is 2. The average Bonchev–Trinajstić information content (AvgIpc) is 3.13. The van der Waals surface area contributed by atoms with Crippen LogP contribution in [0.4, 0.5) is 5.82 Å². The fraction of sp³-hybridized carbons (Fsp3) is 0.400. The molecule has 10 heteroatoms. The van der Waals surface area contributed by atoms with Gasteiger partial charge in [-0.1, -0.05) is 0 Å². The molecule has 0 fully saturated rings. The van der Waals surface area contributed by atoms with Crippen LogP contribution >= 0.6 is 0 Å². The van der Waals surface area contributed by atoms with E-state index >= 15 is 0 Å². The van der Waals surface area contributed by atoms with E-state index in [4.69, 9.17) is 4.42 Å². The SMILES string of the molecule is COC(=O)c1cc(CNC(=O)CCn2cc([N+](=O)[O-])nc2C)oc1C. The van der Waals surface area contributed by atoms with Gasteiger partial charge in [-0.05, 0) is 22.9 Å². The van der Waals surface area contributed by atoms with Crippen LogP contribution in [-0.2, 0) is 22.6 Å². The van der Waals surface area contributed by atoms with Crippen LogP contribution in [0.25, 0.3) is 0 Å². The number of carbonyl (C=O) groups is 2. The van der Waals surface area contributed by atoms with Crippen molar-refractivity contribution in [1.82, 2.24) is 14.9 Å². The Morgan fingerprint density at radius 3 is 2.76 bits per heavy atom. The van der Waals surface area contributed by atoms with Crippen molar-refractivity contribution in [2.45, 2.75) is 33.4 Å². The molecule has 0 aromatic carbocycles. The minimum absolute atomic E-state index is 0.123. The van der Waals surface area contributed by atoms with Crippen molar-refractivity contribution in [3.8, 4) is 0 Å². The van der Waals surface area contributed by atoms with E-state index in [0.29, 0.717) is 22.9 Å². The quantitative estimate of drug-likeness (QED) is 0.455. The molecule has 2 rings (SSSR count). The van der Waals surface area contributed by atoms with Crippen molar-refractivity contribution >= 4 is 17.7 Å². The van der Waals surface area contributed by atoms with Crippen LogP contribution in [0, 0.1) is 24.0 Å². The molecule has 0 atom stereocenters. The number of hydrogen-bond acceptors (Lipinski definition) is 7. The molecule has 134 valence electrons. The lowest BCUT2D eigenvalue weighted by atomic mass is 10.2. The Kier molecular flexibility index (Phi) is 5.52. The third-order valence-electron chi connectivity index (χ3n) is 3.56. The largest absolute Gasteiger partial charge is 0.465 e. The van der Waals surface area contributed by atoms with E-state index in [-0.39, 0.29) is 31.2 Å². The number of aryl methyl sites for hydroxylation is 3. The third kappa shape index (κ3) is 4.43. The highest BCUT2D eigenvalue weighted by atomic mass is 16.6. The van der Waals surface area contributed by atoms with Crippen LogP contribution in [0.3, 0.4) is 0 Å². The Labute approximate surface area is 142 Å². The van der Waals surface area contributed by atoms with E-state index in [1.54, 1.807) is 18.4 Å². The Hall–Kier alpha value is -3.17. The molecule has 0 unspecified atom stereocenters. The Bertz CT molecular complexity index is 807. The molecule has 25 heavy (non-hydrogen) atoms. The van der Waals surface area contributed by atoms with Gasteiger partial charge in [0.05, 0.1) is 13.7 Å². The topological polar surface area (TPSA) is 130 Å². The van der Waals surface area contributed by atoms with E-state index < -0.39 is 10.9 Å². The first-order valence-corrected chi connectivity index (χ1v) is 7.44. The normalized spacial score (nSPS) is 10.5. The highest BCUT2D eigenvalue weighted by Crippen LogP contribution is 2.15. The summed E-state index contributed by atoms with van der Waals surface area (Å²) in [5.74, 6) is 0.293. The number of methoxy groups -OCH3 is 1. The number of nitrogens with zero attached hydrogens (tertiary/aromatic N) is 3. The lowest BCUT2D eigenvalue weighted by Crippen LogP contribution is -2.23. The van der Waals surface area contributed by atoms with Crippen LogP contribution < -0.4 is 5.32 Å². The summed E-state index contributed by atoms with van der Waals surface area (Å²) in [6.07, 6.45) is 1.42. The number of hydrogen-bond donors (Lipinski definition) is 1. The molecule has 2 aromatic heterocycles. The standard InChI is InChI=1S/C15H18N4O6/c1-9-12(15(21)24-3)6-11(25-9)7-16-14(20)4-5-18-8-13(19(22)23)17-10(18)2/h6,8H,4-5,7H2,1-3H3,(H,16,20). The fourth-order valence-electron chi connectivity index (χ4n) is 2.25. The third-order valence-corrected chi connectivity index (χ3v) is 3.56. The van der Waals surface area contributed by atoms with Gasteiger partial charge in [0, 0.05) is 19.9 Å². The van der Waals surface area contributed by atoms with E-state index in [9.17, 15) is 19.7 Å². The zero-order valence-corrected chi connectivity index (χ0v) is 14.1. The molecule has 0 saturated heterocycles. The highest BCUT2D eigenvalue weighted by Gasteiger charge is 2.17. The molecule has 0 bridgehead atoms.